The summed E-state index contributed by atoms with van der Waals surface area (Å²) in [7, 11) is 0. The van der Waals surface area contributed by atoms with Crippen molar-refractivity contribution >= 4 is 18.0 Å². The summed E-state index contributed by atoms with van der Waals surface area (Å²) in [4.78, 5) is 37.7. The van der Waals surface area contributed by atoms with Gasteiger partial charge in [-0.3, -0.25) is 9.59 Å². The highest BCUT2D eigenvalue weighted by molar-refractivity contribution is 5.92. The van der Waals surface area contributed by atoms with Gasteiger partial charge in [0.2, 0.25) is 5.91 Å². The minimum absolute atomic E-state index is 0.0564. The van der Waals surface area contributed by atoms with E-state index in [4.69, 9.17) is 4.74 Å². The highest BCUT2D eigenvalue weighted by atomic mass is 16.5. The SMILES string of the molecule is CC1(C(=O)O)CCCC1NC(=O)C1(NC(=O)OCC2c3ccccc3-c3ccccc32)CCC1. The summed E-state index contributed by atoms with van der Waals surface area (Å²) in [6.45, 7) is 1.86. The molecule has 7 heteroatoms. The molecule has 2 aromatic rings. The van der Waals surface area contributed by atoms with Crippen LogP contribution < -0.4 is 10.6 Å². The van der Waals surface area contributed by atoms with E-state index < -0.39 is 29.1 Å². The predicted molar refractivity (Wildman–Crippen MR) is 126 cm³/mol. The van der Waals surface area contributed by atoms with Gasteiger partial charge in [-0.05, 0) is 61.3 Å². The third-order valence-electron chi connectivity index (χ3n) is 8.08. The summed E-state index contributed by atoms with van der Waals surface area (Å²) in [6.07, 6.45) is 3.12. The van der Waals surface area contributed by atoms with Crippen LogP contribution in [0.15, 0.2) is 48.5 Å². The first kappa shape index (κ1) is 22.4. The Balaban J connectivity index is 1.25. The molecule has 178 valence electrons. The second-order valence-corrected chi connectivity index (χ2v) is 10.0. The van der Waals surface area contributed by atoms with Crippen molar-refractivity contribution in [3.8, 4) is 11.1 Å². The molecule has 0 saturated heterocycles. The van der Waals surface area contributed by atoms with Crippen LogP contribution in [0.25, 0.3) is 11.1 Å². The molecule has 0 heterocycles. The molecule has 0 aromatic heterocycles. The van der Waals surface area contributed by atoms with Gasteiger partial charge < -0.3 is 20.5 Å². The monoisotopic (exact) mass is 462 g/mol. The molecule has 2 fully saturated rings. The van der Waals surface area contributed by atoms with Crippen molar-refractivity contribution in [2.75, 3.05) is 6.61 Å². The molecule has 0 radical (unpaired) electrons. The molecule has 0 spiro atoms. The molecule has 2 amide bonds. The van der Waals surface area contributed by atoms with Crippen LogP contribution in [-0.4, -0.2) is 41.3 Å². The van der Waals surface area contributed by atoms with E-state index in [1.165, 1.54) is 0 Å². The maximum absolute atomic E-state index is 13.2. The van der Waals surface area contributed by atoms with Gasteiger partial charge in [0.05, 0.1) is 5.41 Å². The topological polar surface area (TPSA) is 105 Å². The first-order valence-corrected chi connectivity index (χ1v) is 12.0. The molecule has 3 N–H and O–H groups in total. The quantitative estimate of drug-likeness (QED) is 0.597. The number of carbonyl (C=O) groups is 3. The summed E-state index contributed by atoms with van der Waals surface area (Å²) >= 11 is 0. The van der Waals surface area contributed by atoms with Crippen LogP contribution in [0.4, 0.5) is 4.79 Å². The molecule has 3 aliphatic rings. The number of hydrogen-bond acceptors (Lipinski definition) is 4. The number of nitrogens with one attached hydrogen (secondary N) is 2. The normalized spacial score (nSPS) is 24.4. The third kappa shape index (κ3) is 3.63. The summed E-state index contributed by atoms with van der Waals surface area (Å²) < 4.78 is 5.65. The Kier molecular flexibility index (Phi) is 5.58. The Labute approximate surface area is 198 Å². The molecule has 2 aromatic carbocycles. The number of fused-ring (bicyclic) bond motifs is 3. The molecule has 5 rings (SSSR count). The zero-order valence-corrected chi connectivity index (χ0v) is 19.3. The molecule has 34 heavy (non-hydrogen) atoms. The maximum Gasteiger partial charge on any atom is 0.408 e. The average Bonchev–Trinajstić information content (AvgIpc) is 3.33. The molecule has 2 atom stereocenters. The largest absolute Gasteiger partial charge is 0.481 e. The third-order valence-corrected chi connectivity index (χ3v) is 8.08. The number of alkyl carbamates (subject to hydrolysis) is 1. The Morgan fingerprint density at radius 1 is 0.971 bits per heavy atom. The minimum atomic E-state index is -1.04. The lowest BCUT2D eigenvalue weighted by atomic mass is 9.75. The molecule has 0 bridgehead atoms. The van der Waals surface area contributed by atoms with Gasteiger partial charge in [-0.1, -0.05) is 55.0 Å². The number of hydrogen-bond donors (Lipinski definition) is 3. The number of carboxylic acids is 1. The number of carbonyl (C=O) groups excluding carboxylic acids is 2. The molecule has 3 aliphatic carbocycles. The summed E-state index contributed by atoms with van der Waals surface area (Å²) in [5.74, 6) is -1.27. The van der Waals surface area contributed by atoms with E-state index in [2.05, 4.69) is 34.9 Å². The van der Waals surface area contributed by atoms with Gasteiger partial charge >= 0.3 is 12.1 Å². The second-order valence-electron chi connectivity index (χ2n) is 10.0. The summed E-state index contributed by atoms with van der Waals surface area (Å²) in [5, 5.41) is 15.4. The van der Waals surface area contributed by atoms with Crippen LogP contribution >= 0.6 is 0 Å². The Morgan fingerprint density at radius 3 is 2.15 bits per heavy atom. The lowest BCUT2D eigenvalue weighted by Gasteiger charge is -2.42. The fourth-order valence-electron chi connectivity index (χ4n) is 5.72. The van der Waals surface area contributed by atoms with Gasteiger partial charge in [-0.2, -0.15) is 0 Å². The number of ether oxygens (including phenoxy) is 1. The van der Waals surface area contributed by atoms with Crippen LogP contribution in [0.1, 0.15) is 62.5 Å². The number of amides is 2. The van der Waals surface area contributed by atoms with Gasteiger partial charge in [-0.25, -0.2) is 4.79 Å². The number of aliphatic carboxylic acids is 1. The number of benzene rings is 2. The smallest absolute Gasteiger partial charge is 0.408 e. The van der Waals surface area contributed by atoms with Crippen LogP contribution in [0.5, 0.6) is 0 Å². The fraction of sp³-hybridized carbons (Fsp3) is 0.444. The van der Waals surface area contributed by atoms with Crippen LogP contribution in [0.3, 0.4) is 0 Å². The van der Waals surface area contributed by atoms with Gasteiger partial charge in [0.15, 0.2) is 0 Å². The zero-order chi connectivity index (χ0) is 23.9. The molecule has 7 nitrogen and oxygen atoms in total. The van der Waals surface area contributed by atoms with Crippen LogP contribution in [-0.2, 0) is 14.3 Å². The van der Waals surface area contributed by atoms with Crippen molar-refractivity contribution in [2.24, 2.45) is 5.41 Å². The van der Waals surface area contributed by atoms with Crippen molar-refractivity contribution in [2.45, 2.75) is 62.9 Å². The van der Waals surface area contributed by atoms with E-state index in [-0.39, 0.29) is 18.4 Å². The standard InChI is InChI=1S/C27H30N2O5/c1-26(24(31)32)13-6-12-22(26)28-23(30)27(14-7-15-27)29-25(33)34-16-21-19-10-4-2-8-17(19)18-9-3-5-11-20(18)21/h2-5,8-11,21-22H,6-7,12-16H2,1H3,(H,28,30)(H,29,33)(H,31,32). The number of carboxylic acid groups (broad SMARTS) is 1. The second kappa shape index (κ2) is 8.46. The first-order chi connectivity index (χ1) is 16.3. The highest BCUT2D eigenvalue weighted by Crippen LogP contribution is 2.44. The van der Waals surface area contributed by atoms with Crippen molar-refractivity contribution in [3.63, 3.8) is 0 Å². The average molecular weight is 463 g/mol. The van der Waals surface area contributed by atoms with Gasteiger partial charge in [0, 0.05) is 12.0 Å². The van der Waals surface area contributed by atoms with Crippen molar-refractivity contribution in [1.82, 2.24) is 10.6 Å². The lowest BCUT2D eigenvalue weighted by Crippen LogP contribution is -2.65. The molecular formula is C27H30N2O5. The van der Waals surface area contributed by atoms with Gasteiger partial charge in [-0.15, -0.1) is 0 Å². The van der Waals surface area contributed by atoms with E-state index >= 15 is 0 Å². The van der Waals surface area contributed by atoms with Crippen molar-refractivity contribution < 1.29 is 24.2 Å². The van der Waals surface area contributed by atoms with Gasteiger partial charge in [0.25, 0.3) is 0 Å². The molecular weight excluding hydrogens is 432 g/mol. The zero-order valence-electron chi connectivity index (χ0n) is 19.3. The van der Waals surface area contributed by atoms with E-state index in [1.807, 2.05) is 24.3 Å². The van der Waals surface area contributed by atoms with Gasteiger partial charge in [0.1, 0.15) is 12.1 Å². The minimum Gasteiger partial charge on any atom is -0.481 e. The fourth-order valence-corrected chi connectivity index (χ4v) is 5.72. The van der Waals surface area contributed by atoms with Crippen LogP contribution in [0, 0.1) is 5.41 Å². The van der Waals surface area contributed by atoms with Crippen molar-refractivity contribution in [3.05, 3.63) is 59.7 Å². The summed E-state index contributed by atoms with van der Waals surface area (Å²) in [6, 6.07) is 15.8. The Bertz CT molecular complexity index is 1100. The Hall–Kier alpha value is -3.35. The van der Waals surface area contributed by atoms with Crippen molar-refractivity contribution in [1.29, 1.82) is 0 Å². The number of rotatable bonds is 6. The maximum atomic E-state index is 13.2. The Morgan fingerprint density at radius 2 is 1.59 bits per heavy atom. The lowest BCUT2D eigenvalue weighted by molar-refractivity contribution is -0.149. The molecule has 0 aliphatic heterocycles. The molecule has 2 saturated carbocycles. The highest BCUT2D eigenvalue weighted by Gasteiger charge is 2.51. The summed E-state index contributed by atoms with van der Waals surface area (Å²) in [5.41, 5.74) is 2.54. The van der Waals surface area contributed by atoms with E-state index in [1.54, 1.807) is 6.92 Å². The van der Waals surface area contributed by atoms with E-state index in [0.29, 0.717) is 25.7 Å². The first-order valence-electron chi connectivity index (χ1n) is 12.0. The van der Waals surface area contributed by atoms with Crippen LogP contribution in [0.2, 0.25) is 0 Å². The predicted octanol–water partition coefficient (Wildman–Crippen LogP) is 4.21. The molecule has 2 unspecified atom stereocenters. The van der Waals surface area contributed by atoms with E-state index in [9.17, 15) is 19.5 Å². The van der Waals surface area contributed by atoms with E-state index in [0.717, 1.165) is 35.1 Å².